The van der Waals surface area contributed by atoms with Gasteiger partial charge in [0, 0.05) is 12.6 Å². The quantitative estimate of drug-likeness (QED) is 0.747. The van der Waals surface area contributed by atoms with E-state index < -0.39 is 0 Å². The van der Waals surface area contributed by atoms with Crippen LogP contribution in [0.2, 0.25) is 0 Å². The molecule has 2 aromatic rings. The Kier molecular flexibility index (Phi) is 1.49. The summed E-state index contributed by atoms with van der Waals surface area (Å²) in [6.45, 7) is 0. The van der Waals surface area contributed by atoms with Gasteiger partial charge in [-0.05, 0) is 16.3 Å². The molecule has 1 aliphatic heterocycles. The molecule has 0 saturated carbocycles. The lowest BCUT2D eigenvalue weighted by Gasteiger charge is -2.17. The van der Waals surface area contributed by atoms with E-state index in [0.717, 1.165) is 0 Å². The smallest absolute Gasteiger partial charge is 0.285 e. The van der Waals surface area contributed by atoms with Gasteiger partial charge in [0.2, 0.25) is 0 Å². The lowest BCUT2D eigenvalue weighted by molar-refractivity contribution is 0.204. The molecule has 2 aliphatic rings. The monoisotopic (exact) mass is 224 g/mol. The third kappa shape index (κ3) is 0.947. The van der Waals surface area contributed by atoms with E-state index in [4.69, 9.17) is 10.1 Å². The third-order valence-electron chi connectivity index (χ3n) is 3.86. The van der Waals surface area contributed by atoms with E-state index in [0.29, 0.717) is 0 Å². The van der Waals surface area contributed by atoms with Gasteiger partial charge in [-0.2, -0.15) is 0 Å². The van der Waals surface area contributed by atoms with Gasteiger partial charge < -0.3 is 9.64 Å². The minimum Gasteiger partial charge on any atom is -0.454 e. The van der Waals surface area contributed by atoms with Crippen molar-refractivity contribution in [3.05, 3.63) is 47.5 Å². The van der Waals surface area contributed by atoms with E-state index in [-0.39, 0.29) is 18.2 Å². The van der Waals surface area contributed by atoms with Crippen molar-refractivity contribution in [3.8, 4) is 0 Å². The van der Waals surface area contributed by atoms with Crippen LogP contribution in [0.1, 0.15) is 23.3 Å². The zero-order valence-corrected chi connectivity index (χ0v) is 9.47. The SMILES string of the molecule is CN1C(=N)O[C@@H]2c3cccc4cccc(c34)[C@@H]21. The maximum Gasteiger partial charge on any atom is 0.285 e. The van der Waals surface area contributed by atoms with E-state index in [9.17, 15) is 0 Å². The molecular weight excluding hydrogens is 212 g/mol. The van der Waals surface area contributed by atoms with Crippen LogP contribution in [0.4, 0.5) is 0 Å². The molecule has 0 unspecified atom stereocenters. The van der Waals surface area contributed by atoms with Crippen molar-refractivity contribution in [1.29, 1.82) is 5.41 Å². The molecule has 0 bridgehead atoms. The summed E-state index contributed by atoms with van der Waals surface area (Å²) in [6.07, 6.45) is -0.00593. The second-order valence-corrected chi connectivity index (χ2v) is 4.69. The van der Waals surface area contributed by atoms with Crippen molar-refractivity contribution in [1.82, 2.24) is 4.90 Å². The molecule has 2 aromatic carbocycles. The molecule has 0 aromatic heterocycles. The van der Waals surface area contributed by atoms with Crippen LogP contribution in [-0.2, 0) is 4.74 Å². The number of fused-ring (bicyclic) bond motifs is 3. The fourth-order valence-electron chi connectivity index (χ4n) is 3.09. The Labute approximate surface area is 99.1 Å². The number of rotatable bonds is 0. The highest BCUT2D eigenvalue weighted by Gasteiger charge is 2.45. The first-order chi connectivity index (χ1) is 8.27. The first-order valence-corrected chi connectivity index (χ1v) is 5.77. The summed E-state index contributed by atoms with van der Waals surface area (Å²) in [7, 11) is 1.93. The van der Waals surface area contributed by atoms with Crippen molar-refractivity contribution in [2.75, 3.05) is 7.05 Å². The van der Waals surface area contributed by atoms with Crippen LogP contribution in [0.25, 0.3) is 10.8 Å². The van der Waals surface area contributed by atoms with Crippen LogP contribution in [0.5, 0.6) is 0 Å². The summed E-state index contributed by atoms with van der Waals surface area (Å²) < 4.78 is 5.68. The molecule has 0 spiro atoms. The number of ether oxygens (including phenoxy) is 1. The van der Waals surface area contributed by atoms with Crippen LogP contribution in [0.3, 0.4) is 0 Å². The van der Waals surface area contributed by atoms with Crippen molar-refractivity contribution in [3.63, 3.8) is 0 Å². The van der Waals surface area contributed by atoms with Gasteiger partial charge in [0.25, 0.3) is 6.02 Å². The zero-order chi connectivity index (χ0) is 11.6. The molecule has 3 heteroatoms. The number of hydrogen-bond acceptors (Lipinski definition) is 2. The second kappa shape index (κ2) is 2.80. The first kappa shape index (κ1) is 9.05. The van der Waals surface area contributed by atoms with Crippen LogP contribution < -0.4 is 0 Å². The highest BCUT2D eigenvalue weighted by atomic mass is 16.5. The Morgan fingerprint density at radius 1 is 1.12 bits per heavy atom. The first-order valence-electron chi connectivity index (χ1n) is 5.77. The zero-order valence-electron chi connectivity index (χ0n) is 9.47. The molecule has 17 heavy (non-hydrogen) atoms. The number of hydrogen-bond donors (Lipinski definition) is 1. The van der Waals surface area contributed by atoms with E-state index in [1.54, 1.807) is 0 Å². The number of nitrogens with one attached hydrogen (secondary N) is 1. The number of benzene rings is 2. The third-order valence-corrected chi connectivity index (χ3v) is 3.86. The summed E-state index contributed by atoms with van der Waals surface area (Å²) in [5, 5.41) is 10.4. The van der Waals surface area contributed by atoms with E-state index in [1.807, 2.05) is 11.9 Å². The minimum atomic E-state index is -0.00593. The Balaban J connectivity index is 2.08. The molecule has 1 fully saturated rings. The van der Waals surface area contributed by atoms with E-state index >= 15 is 0 Å². The number of likely N-dealkylation sites (N-methyl/N-ethyl adjacent to an activating group) is 1. The molecule has 1 aliphatic carbocycles. The summed E-state index contributed by atoms with van der Waals surface area (Å²) in [4.78, 5) is 1.92. The molecule has 1 N–H and O–H groups in total. The Morgan fingerprint density at radius 3 is 2.59 bits per heavy atom. The predicted octanol–water partition coefficient (Wildman–Crippen LogP) is 2.83. The van der Waals surface area contributed by atoms with Crippen molar-refractivity contribution >= 4 is 16.8 Å². The molecule has 2 atom stereocenters. The highest BCUT2D eigenvalue weighted by molar-refractivity contribution is 5.93. The summed E-state index contributed by atoms with van der Waals surface area (Å²) in [5.74, 6) is 0. The van der Waals surface area contributed by atoms with Crippen LogP contribution in [0, 0.1) is 5.41 Å². The molecule has 3 nitrogen and oxygen atoms in total. The van der Waals surface area contributed by atoms with Gasteiger partial charge in [-0.3, -0.25) is 5.41 Å². The highest BCUT2D eigenvalue weighted by Crippen LogP contribution is 2.51. The van der Waals surface area contributed by atoms with Gasteiger partial charge in [-0.15, -0.1) is 0 Å². The fourth-order valence-corrected chi connectivity index (χ4v) is 3.09. The lowest BCUT2D eigenvalue weighted by atomic mass is 10.0. The molecule has 84 valence electrons. The lowest BCUT2D eigenvalue weighted by Crippen LogP contribution is -2.22. The Morgan fingerprint density at radius 2 is 1.82 bits per heavy atom. The van der Waals surface area contributed by atoms with Crippen molar-refractivity contribution in [2.24, 2.45) is 0 Å². The number of amidine groups is 1. The van der Waals surface area contributed by atoms with E-state index in [2.05, 4.69) is 36.4 Å². The second-order valence-electron chi connectivity index (χ2n) is 4.69. The molecule has 1 heterocycles. The number of nitrogens with zero attached hydrogens (tertiary/aromatic N) is 1. The average Bonchev–Trinajstić information content (AvgIpc) is 2.80. The molecule has 1 saturated heterocycles. The molecule has 0 radical (unpaired) electrons. The van der Waals surface area contributed by atoms with Gasteiger partial charge in [0.15, 0.2) is 6.10 Å². The van der Waals surface area contributed by atoms with Gasteiger partial charge in [0.1, 0.15) is 6.04 Å². The summed E-state index contributed by atoms with van der Waals surface area (Å²) >= 11 is 0. The Hall–Kier alpha value is -2.03. The maximum atomic E-state index is 7.79. The summed E-state index contributed by atoms with van der Waals surface area (Å²) in [6, 6.07) is 13.1. The van der Waals surface area contributed by atoms with Crippen molar-refractivity contribution < 1.29 is 4.74 Å². The van der Waals surface area contributed by atoms with Gasteiger partial charge >= 0.3 is 0 Å². The van der Waals surface area contributed by atoms with E-state index in [1.165, 1.54) is 21.9 Å². The van der Waals surface area contributed by atoms with Crippen LogP contribution in [0.15, 0.2) is 36.4 Å². The van der Waals surface area contributed by atoms with Crippen LogP contribution in [-0.4, -0.2) is 18.0 Å². The molecule has 4 rings (SSSR count). The molecular formula is C14H12N2O. The fraction of sp³-hybridized carbons (Fsp3) is 0.214. The topological polar surface area (TPSA) is 36.3 Å². The summed E-state index contributed by atoms with van der Waals surface area (Å²) in [5.41, 5.74) is 2.50. The predicted molar refractivity (Wildman–Crippen MR) is 66.0 cm³/mol. The standard InChI is InChI=1S/C14H12N2O/c1-16-12-9-6-2-4-8-5-3-7-10(11(8)9)13(12)17-14(16)15/h2-7,12-13,15H,1H3/t12-,13+/m0/s1. The van der Waals surface area contributed by atoms with Crippen LogP contribution >= 0.6 is 0 Å². The van der Waals surface area contributed by atoms with Gasteiger partial charge in [0.05, 0.1) is 0 Å². The largest absolute Gasteiger partial charge is 0.454 e. The molecule has 0 amide bonds. The van der Waals surface area contributed by atoms with Gasteiger partial charge in [-0.25, -0.2) is 0 Å². The van der Waals surface area contributed by atoms with Gasteiger partial charge in [-0.1, -0.05) is 36.4 Å². The Bertz CT molecular complexity index is 644. The normalized spacial score (nSPS) is 25.2. The average molecular weight is 224 g/mol. The maximum absolute atomic E-state index is 7.79. The minimum absolute atomic E-state index is 0.00593. The van der Waals surface area contributed by atoms with Crippen molar-refractivity contribution in [2.45, 2.75) is 12.1 Å².